The number of aryl methyl sites for hydroxylation is 1. The van der Waals surface area contributed by atoms with Gasteiger partial charge >= 0.3 is 0 Å². The number of para-hydroxylation sites is 1. The molecule has 0 saturated carbocycles. The van der Waals surface area contributed by atoms with Gasteiger partial charge < -0.3 is 10.3 Å². The van der Waals surface area contributed by atoms with Crippen molar-refractivity contribution in [1.29, 1.82) is 0 Å². The molecule has 1 atom stereocenters. The molecular weight excluding hydrogens is 302 g/mol. The van der Waals surface area contributed by atoms with Gasteiger partial charge in [0.1, 0.15) is 0 Å². The Bertz CT molecular complexity index is 954. The van der Waals surface area contributed by atoms with Crippen molar-refractivity contribution >= 4 is 22.2 Å². The van der Waals surface area contributed by atoms with Crippen molar-refractivity contribution in [3.05, 3.63) is 77.4 Å². The summed E-state index contributed by atoms with van der Waals surface area (Å²) in [6.07, 6.45) is 2.03. The lowest BCUT2D eigenvalue weighted by Gasteiger charge is -2.17. The van der Waals surface area contributed by atoms with Gasteiger partial charge in [0.25, 0.3) is 0 Å². The average molecular weight is 319 g/mol. The van der Waals surface area contributed by atoms with Crippen LogP contribution in [-0.4, -0.2) is 9.55 Å². The van der Waals surface area contributed by atoms with Crippen LogP contribution in [0.1, 0.15) is 17.3 Å². The molecule has 23 heavy (non-hydrogen) atoms. The van der Waals surface area contributed by atoms with Gasteiger partial charge in [-0.05, 0) is 41.3 Å². The number of rotatable bonds is 3. The monoisotopic (exact) mass is 319 g/mol. The molecule has 4 aromatic rings. The minimum atomic E-state index is -0.179. The number of aromatic nitrogens is 2. The van der Waals surface area contributed by atoms with Crippen LogP contribution >= 0.6 is 11.3 Å². The van der Waals surface area contributed by atoms with Gasteiger partial charge in [-0.2, -0.15) is 0 Å². The van der Waals surface area contributed by atoms with E-state index in [1.165, 1.54) is 0 Å². The fraction of sp³-hybridized carbons (Fsp3) is 0.105. The predicted octanol–water partition coefficient (Wildman–Crippen LogP) is 4.35. The van der Waals surface area contributed by atoms with Crippen molar-refractivity contribution in [3.63, 3.8) is 0 Å². The Balaban J connectivity index is 1.95. The number of nitrogens with two attached hydrogens (primary N) is 1. The molecule has 3 nitrogen and oxygen atoms in total. The lowest BCUT2D eigenvalue weighted by Crippen LogP contribution is -2.16. The predicted molar refractivity (Wildman–Crippen MR) is 96.5 cm³/mol. The molecule has 2 N–H and O–H groups in total. The molecule has 114 valence electrons. The summed E-state index contributed by atoms with van der Waals surface area (Å²) in [5, 5.41) is 3.18. The molecule has 3 heterocycles. The van der Waals surface area contributed by atoms with E-state index in [9.17, 15) is 0 Å². The molecule has 0 aliphatic carbocycles. The molecule has 0 amide bonds. The maximum atomic E-state index is 6.60. The maximum absolute atomic E-state index is 6.60. The number of hydrogen-bond donors (Lipinski definition) is 1. The molecule has 0 fully saturated rings. The Morgan fingerprint density at radius 2 is 1.96 bits per heavy atom. The zero-order valence-corrected chi connectivity index (χ0v) is 13.6. The second-order valence-electron chi connectivity index (χ2n) is 5.61. The second-order valence-corrected chi connectivity index (χ2v) is 6.56. The van der Waals surface area contributed by atoms with E-state index >= 15 is 0 Å². The number of hydrogen-bond acceptors (Lipinski definition) is 3. The van der Waals surface area contributed by atoms with Crippen LogP contribution in [0.15, 0.2) is 66.2 Å². The van der Waals surface area contributed by atoms with Gasteiger partial charge in [-0.1, -0.05) is 24.3 Å². The van der Waals surface area contributed by atoms with E-state index in [1.807, 2.05) is 43.6 Å². The van der Waals surface area contributed by atoms with Gasteiger partial charge in [0.15, 0.2) is 0 Å². The molecule has 0 aliphatic rings. The Labute approximate surface area is 139 Å². The van der Waals surface area contributed by atoms with E-state index in [2.05, 4.69) is 34.2 Å². The largest absolute Gasteiger partial charge is 0.353 e. The minimum absolute atomic E-state index is 0.179. The summed E-state index contributed by atoms with van der Waals surface area (Å²) >= 11 is 1.70. The van der Waals surface area contributed by atoms with E-state index in [-0.39, 0.29) is 6.04 Å². The molecule has 1 unspecified atom stereocenters. The van der Waals surface area contributed by atoms with E-state index in [0.717, 1.165) is 32.7 Å². The highest BCUT2D eigenvalue weighted by Crippen LogP contribution is 2.32. The third-order valence-electron chi connectivity index (χ3n) is 4.16. The van der Waals surface area contributed by atoms with Crippen LogP contribution in [0.5, 0.6) is 0 Å². The van der Waals surface area contributed by atoms with Gasteiger partial charge in [-0.3, -0.25) is 0 Å². The summed E-state index contributed by atoms with van der Waals surface area (Å²) in [5.74, 6) is 0. The van der Waals surface area contributed by atoms with E-state index < -0.39 is 0 Å². The van der Waals surface area contributed by atoms with Gasteiger partial charge in [0, 0.05) is 24.3 Å². The molecule has 4 heteroatoms. The standard InChI is InChI=1S/C19H17N3S/c1-22-10-4-8-17(22)19(20)14-12-16(18-9-5-11-23-18)21-15-7-3-2-6-13(14)15/h2-12,19H,20H2,1H3. The van der Waals surface area contributed by atoms with Crippen molar-refractivity contribution in [2.45, 2.75) is 6.04 Å². The first-order valence-electron chi connectivity index (χ1n) is 7.54. The molecule has 1 aromatic carbocycles. The van der Waals surface area contributed by atoms with E-state index in [1.54, 1.807) is 11.3 Å². The summed E-state index contributed by atoms with van der Waals surface area (Å²) in [4.78, 5) is 5.98. The van der Waals surface area contributed by atoms with Crippen molar-refractivity contribution < 1.29 is 0 Å². The lowest BCUT2D eigenvalue weighted by atomic mass is 9.98. The number of nitrogens with zero attached hydrogens (tertiary/aromatic N) is 2. The number of thiophene rings is 1. The number of benzene rings is 1. The highest BCUT2D eigenvalue weighted by atomic mass is 32.1. The van der Waals surface area contributed by atoms with Crippen molar-refractivity contribution in [1.82, 2.24) is 9.55 Å². The van der Waals surface area contributed by atoms with Crippen LogP contribution in [0.25, 0.3) is 21.5 Å². The fourth-order valence-electron chi connectivity index (χ4n) is 2.97. The van der Waals surface area contributed by atoms with Crippen LogP contribution < -0.4 is 5.73 Å². The highest BCUT2D eigenvalue weighted by molar-refractivity contribution is 7.13. The van der Waals surface area contributed by atoms with Crippen LogP contribution in [0.3, 0.4) is 0 Å². The number of pyridine rings is 1. The second kappa shape index (κ2) is 5.65. The third-order valence-corrected chi connectivity index (χ3v) is 5.05. The molecule has 3 aromatic heterocycles. The van der Waals surface area contributed by atoms with Crippen molar-refractivity contribution in [3.8, 4) is 10.6 Å². The molecular formula is C19H17N3S. The molecule has 0 aliphatic heterocycles. The smallest absolute Gasteiger partial charge is 0.0812 e. The first-order chi connectivity index (χ1) is 11.2. The van der Waals surface area contributed by atoms with Gasteiger partial charge in [0.2, 0.25) is 0 Å². The molecule has 0 radical (unpaired) electrons. The Morgan fingerprint density at radius 3 is 2.70 bits per heavy atom. The maximum Gasteiger partial charge on any atom is 0.0812 e. The summed E-state index contributed by atoms with van der Waals surface area (Å²) in [5.41, 5.74) is 10.8. The van der Waals surface area contributed by atoms with E-state index in [0.29, 0.717) is 0 Å². The van der Waals surface area contributed by atoms with Crippen molar-refractivity contribution in [2.75, 3.05) is 0 Å². The molecule has 0 bridgehead atoms. The van der Waals surface area contributed by atoms with Crippen LogP contribution in [0.2, 0.25) is 0 Å². The Morgan fingerprint density at radius 1 is 1.09 bits per heavy atom. The summed E-state index contributed by atoms with van der Waals surface area (Å²) in [7, 11) is 2.03. The first kappa shape index (κ1) is 14.2. The normalized spacial score (nSPS) is 12.6. The minimum Gasteiger partial charge on any atom is -0.353 e. The molecule has 0 spiro atoms. The Kier molecular flexibility index (Phi) is 3.48. The molecule has 0 saturated heterocycles. The lowest BCUT2D eigenvalue weighted by molar-refractivity contribution is 0.750. The van der Waals surface area contributed by atoms with Gasteiger partial charge in [-0.25, -0.2) is 4.98 Å². The highest BCUT2D eigenvalue weighted by Gasteiger charge is 2.17. The Hall–Kier alpha value is -2.43. The summed E-state index contributed by atoms with van der Waals surface area (Å²) in [6, 6.07) is 18.4. The van der Waals surface area contributed by atoms with Gasteiger partial charge in [-0.15, -0.1) is 11.3 Å². The molecule has 4 rings (SSSR count). The van der Waals surface area contributed by atoms with Crippen LogP contribution in [0, 0.1) is 0 Å². The summed E-state index contributed by atoms with van der Waals surface area (Å²) in [6.45, 7) is 0. The zero-order chi connectivity index (χ0) is 15.8. The quantitative estimate of drug-likeness (QED) is 0.610. The SMILES string of the molecule is Cn1cccc1C(N)c1cc(-c2cccs2)nc2ccccc12. The van der Waals surface area contributed by atoms with Gasteiger partial charge in [0.05, 0.1) is 22.1 Å². The third kappa shape index (κ3) is 2.46. The first-order valence-corrected chi connectivity index (χ1v) is 8.42. The zero-order valence-electron chi connectivity index (χ0n) is 12.8. The number of fused-ring (bicyclic) bond motifs is 1. The topological polar surface area (TPSA) is 43.8 Å². The van der Waals surface area contributed by atoms with Crippen LogP contribution in [-0.2, 0) is 7.05 Å². The fourth-order valence-corrected chi connectivity index (χ4v) is 3.65. The van der Waals surface area contributed by atoms with E-state index in [4.69, 9.17) is 10.7 Å². The summed E-state index contributed by atoms with van der Waals surface area (Å²) < 4.78 is 2.07. The van der Waals surface area contributed by atoms with Crippen molar-refractivity contribution in [2.24, 2.45) is 12.8 Å². The average Bonchev–Trinajstić information content (AvgIpc) is 3.24. The van der Waals surface area contributed by atoms with Crippen LogP contribution in [0.4, 0.5) is 0 Å².